The molecule has 5 heteroatoms. The summed E-state index contributed by atoms with van der Waals surface area (Å²) in [6, 6.07) is 9.91. The molecule has 2 heterocycles. The molecule has 0 saturated carbocycles. The lowest BCUT2D eigenvalue weighted by Gasteiger charge is -2.36. The Kier molecular flexibility index (Phi) is 5.88. The SMILES string of the molecule is O=C(CNc1ccccc1)N1CCC(CN2CCOCC2)CC1. The lowest BCUT2D eigenvalue weighted by molar-refractivity contribution is -0.130. The first-order valence-electron chi connectivity index (χ1n) is 8.68. The summed E-state index contributed by atoms with van der Waals surface area (Å²) in [5.74, 6) is 0.929. The molecule has 2 saturated heterocycles. The van der Waals surface area contributed by atoms with Crippen molar-refractivity contribution in [1.82, 2.24) is 9.80 Å². The first kappa shape index (κ1) is 16.3. The number of ether oxygens (including phenoxy) is 1. The Morgan fingerprint density at radius 2 is 1.78 bits per heavy atom. The van der Waals surface area contributed by atoms with Gasteiger partial charge in [0.1, 0.15) is 0 Å². The second kappa shape index (κ2) is 8.31. The number of piperidine rings is 1. The van der Waals surface area contributed by atoms with Crippen molar-refractivity contribution >= 4 is 11.6 Å². The minimum Gasteiger partial charge on any atom is -0.379 e. The fourth-order valence-electron chi connectivity index (χ4n) is 3.36. The quantitative estimate of drug-likeness (QED) is 0.897. The summed E-state index contributed by atoms with van der Waals surface area (Å²) in [6.45, 7) is 7.17. The van der Waals surface area contributed by atoms with Crippen LogP contribution in [0.4, 0.5) is 5.69 Å². The Bertz CT molecular complexity index is 480. The standard InChI is InChI=1S/C18H27N3O2/c22-18(14-19-17-4-2-1-3-5-17)21-8-6-16(7-9-21)15-20-10-12-23-13-11-20/h1-5,16,19H,6-15H2. The van der Waals surface area contributed by atoms with Crippen molar-refractivity contribution < 1.29 is 9.53 Å². The topological polar surface area (TPSA) is 44.8 Å². The highest BCUT2D eigenvalue weighted by atomic mass is 16.5. The third-order valence-electron chi connectivity index (χ3n) is 4.80. The number of hydrogen-bond donors (Lipinski definition) is 1. The maximum Gasteiger partial charge on any atom is 0.241 e. The molecule has 1 N–H and O–H groups in total. The van der Waals surface area contributed by atoms with E-state index in [0.717, 1.165) is 70.4 Å². The van der Waals surface area contributed by atoms with Crippen LogP contribution in [0.2, 0.25) is 0 Å². The number of rotatable bonds is 5. The number of nitrogens with one attached hydrogen (secondary N) is 1. The van der Waals surface area contributed by atoms with Crippen molar-refractivity contribution in [2.24, 2.45) is 5.92 Å². The lowest BCUT2D eigenvalue weighted by atomic mass is 9.96. The molecular weight excluding hydrogens is 290 g/mol. The van der Waals surface area contributed by atoms with Gasteiger partial charge in [0.15, 0.2) is 0 Å². The smallest absolute Gasteiger partial charge is 0.241 e. The zero-order chi connectivity index (χ0) is 15.9. The molecule has 3 rings (SSSR count). The predicted molar refractivity (Wildman–Crippen MR) is 91.5 cm³/mol. The van der Waals surface area contributed by atoms with Crippen LogP contribution in [-0.4, -0.2) is 68.2 Å². The van der Waals surface area contributed by atoms with Crippen molar-refractivity contribution in [2.75, 3.05) is 57.8 Å². The zero-order valence-corrected chi connectivity index (χ0v) is 13.7. The summed E-state index contributed by atoms with van der Waals surface area (Å²) in [7, 11) is 0. The van der Waals surface area contributed by atoms with Gasteiger partial charge in [0.25, 0.3) is 0 Å². The largest absolute Gasteiger partial charge is 0.379 e. The number of likely N-dealkylation sites (tertiary alicyclic amines) is 1. The third kappa shape index (κ3) is 4.94. The Morgan fingerprint density at radius 1 is 1.09 bits per heavy atom. The van der Waals surface area contributed by atoms with Gasteiger partial charge in [-0.3, -0.25) is 9.69 Å². The normalized spacial score (nSPS) is 20.4. The summed E-state index contributed by atoms with van der Waals surface area (Å²) >= 11 is 0. The summed E-state index contributed by atoms with van der Waals surface area (Å²) in [5.41, 5.74) is 1.00. The van der Waals surface area contributed by atoms with E-state index >= 15 is 0 Å². The van der Waals surface area contributed by atoms with E-state index in [0.29, 0.717) is 6.54 Å². The average molecular weight is 317 g/mol. The molecule has 5 nitrogen and oxygen atoms in total. The number of amides is 1. The number of morpholine rings is 1. The van der Waals surface area contributed by atoms with Crippen LogP contribution < -0.4 is 5.32 Å². The number of anilines is 1. The Balaban J connectivity index is 1.37. The van der Waals surface area contributed by atoms with Crippen molar-refractivity contribution in [2.45, 2.75) is 12.8 Å². The van der Waals surface area contributed by atoms with E-state index in [4.69, 9.17) is 4.74 Å². The van der Waals surface area contributed by atoms with Crippen LogP contribution in [0.15, 0.2) is 30.3 Å². The molecule has 126 valence electrons. The highest BCUT2D eigenvalue weighted by molar-refractivity contribution is 5.80. The maximum absolute atomic E-state index is 12.3. The fraction of sp³-hybridized carbons (Fsp3) is 0.611. The molecule has 2 aliphatic rings. The van der Waals surface area contributed by atoms with Gasteiger partial charge >= 0.3 is 0 Å². The van der Waals surface area contributed by atoms with E-state index in [1.165, 1.54) is 0 Å². The number of hydrogen-bond acceptors (Lipinski definition) is 4. The van der Waals surface area contributed by atoms with Crippen molar-refractivity contribution in [3.63, 3.8) is 0 Å². The second-order valence-corrected chi connectivity index (χ2v) is 6.46. The van der Waals surface area contributed by atoms with E-state index in [-0.39, 0.29) is 5.91 Å². The van der Waals surface area contributed by atoms with Gasteiger partial charge in [0, 0.05) is 38.4 Å². The van der Waals surface area contributed by atoms with Crippen LogP contribution in [0.25, 0.3) is 0 Å². The van der Waals surface area contributed by atoms with Gasteiger partial charge < -0.3 is 15.0 Å². The molecule has 0 unspecified atom stereocenters. The van der Waals surface area contributed by atoms with Gasteiger partial charge in [-0.15, -0.1) is 0 Å². The van der Waals surface area contributed by atoms with Crippen LogP contribution in [0.3, 0.4) is 0 Å². The number of nitrogens with zero attached hydrogens (tertiary/aromatic N) is 2. The number of benzene rings is 1. The van der Waals surface area contributed by atoms with Crippen LogP contribution in [0, 0.1) is 5.92 Å². The van der Waals surface area contributed by atoms with E-state index in [1.54, 1.807) is 0 Å². The van der Waals surface area contributed by atoms with E-state index in [2.05, 4.69) is 10.2 Å². The molecule has 23 heavy (non-hydrogen) atoms. The van der Waals surface area contributed by atoms with E-state index in [9.17, 15) is 4.79 Å². The highest BCUT2D eigenvalue weighted by Gasteiger charge is 2.24. The molecule has 0 atom stereocenters. The van der Waals surface area contributed by atoms with Gasteiger partial charge in [-0.25, -0.2) is 0 Å². The zero-order valence-electron chi connectivity index (χ0n) is 13.7. The average Bonchev–Trinajstić information content (AvgIpc) is 2.62. The summed E-state index contributed by atoms with van der Waals surface area (Å²) in [6.07, 6.45) is 2.24. The van der Waals surface area contributed by atoms with Crippen LogP contribution in [0.5, 0.6) is 0 Å². The molecule has 0 aliphatic carbocycles. The summed E-state index contributed by atoms with van der Waals surface area (Å²) < 4.78 is 5.40. The second-order valence-electron chi connectivity index (χ2n) is 6.46. The van der Waals surface area contributed by atoms with Crippen molar-refractivity contribution in [3.05, 3.63) is 30.3 Å². The first-order chi connectivity index (χ1) is 11.3. The minimum atomic E-state index is 0.207. The third-order valence-corrected chi connectivity index (χ3v) is 4.80. The van der Waals surface area contributed by atoms with Gasteiger partial charge in [0.2, 0.25) is 5.91 Å². The number of carbonyl (C=O) groups is 1. The molecule has 1 aromatic rings. The highest BCUT2D eigenvalue weighted by Crippen LogP contribution is 2.19. The molecule has 1 aromatic carbocycles. The van der Waals surface area contributed by atoms with Gasteiger partial charge in [0.05, 0.1) is 19.8 Å². The van der Waals surface area contributed by atoms with Crippen LogP contribution in [-0.2, 0) is 9.53 Å². The van der Waals surface area contributed by atoms with Gasteiger partial charge in [-0.05, 0) is 30.9 Å². The summed E-state index contributed by atoms with van der Waals surface area (Å²) in [5, 5.41) is 3.21. The Morgan fingerprint density at radius 3 is 2.48 bits per heavy atom. The first-order valence-corrected chi connectivity index (χ1v) is 8.68. The van der Waals surface area contributed by atoms with Gasteiger partial charge in [-0.2, -0.15) is 0 Å². The van der Waals surface area contributed by atoms with Crippen LogP contribution in [0.1, 0.15) is 12.8 Å². The molecule has 1 amide bonds. The van der Waals surface area contributed by atoms with E-state index < -0.39 is 0 Å². The monoisotopic (exact) mass is 317 g/mol. The molecule has 0 bridgehead atoms. The van der Waals surface area contributed by atoms with Crippen LogP contribution >= 0.6 is 0 Å². The molecule has 2 aliphatic heterocycles. The Hall–Kier alpha value is -1.59. The molecule has 0 radical (unpaired) electrons. The van der Waals surface area contributed by atoms with E-state index in [1.807, 2.05) is 35.2 Å². The minimum absolute atomic E-state index is 0.207. The maximum atomic E-state index is 12.3. The number of para-hydroxylation sites is 1. The molecule has 2 fully saturated rings. The fourth-order valence-corrected chi connectivity index (χ4v) is 3.36. The lowest BCUT2D eigenvalue weighted by Crippen LogP contribution is -2.45. The number of carbonyl (C=O) groups excluding carboxylic acids is 1. The van der Waals surface area contributed by atoms with Crippen molar-refractivity contribution in [3.8, 4) is 0 Å². The van der Waals surface area contributed by atoms with Crippen molar-refractivity contribution in [1.29, 1.82) is 0 Å². The van der Waals surface area contributed by atoms with Gasteiger partial charge in [-0.1, -0.05) is 18.2 Å². The predicted octanol–water partition coefficient (Wildman–Crippen LogP) is 1.67. The molecule has 0 aromatic heterocycles. The molecule has 0 spiro atoms. The Labute approximate surface area is 138 Å². The summed E-state index contributed by atoms with van der Waals surface area (Å²) in [4.78, 5) is 16.8. The molecular formula is C18H27N3O2.